The van der Waals surface area contributed by atoms with Gasteiger partial charge in [-0.1, -0.05) is 0 Å². The van der Waals surface area contributed by atoms with Crippen LogP contribution in [0.5, 0.6) is 0 Å². The largest absolute Gasteiger partial charge is 0.481 e. The van der Waals surface area contributed by atoms with Crippen LogP contribution in [0.2, 0.25) is 0 Å². The molecule has 1 rings (SSSR count). The second kappa shape index (κ2) is 6.34. The monoisotopic (exact) mass is 286 g/mol. The fourth-order valence-electron chi connectivity index (χ4n) is 1.76. The lowest BCUT2D eigenvalue weighted by atomic mass is 9.90. The van der Waals surface area contributed by atoms with Crippen molar-refractivity contribution in [2.24, 2.45) is 0 Å². The molecule has 1 aromatic rings. The molecule has 0 spiro atoms. The number of rotatable bonds is 7. The van der Waals surface area contributed by atoms with Gasteiger partial charge in [0, 0.05) is 19.0 Å². The van der Waals surface area contributed by atoms with Gasteiger partial charge in [0.05, 0.1) is 18.3 Å². The van der Waals surface area contributed by atoms with Crippen LogP contribution in [0, 0.1) is 0 Å². The van der Waals surface area contributed by atoms with E-state index < -0.39 is 11.4 Å². The summed E-state index contributed by atoms with van der Waals surface area (Å²) in [5.74, 6) is -0.864. The molecular weight excluding hydrogens is 264 g/mol. The Morgan fingerprint density at radius 1 is 1.63 bits per heavy atom. The zero-order valence-corrected chi connectivity index (χ0v) is 13.0. The number of carbonyl (C=O) groups is 1. The highest BCUT2D eigenvalue weighted by atomic mass is 32.1. The molecule has 19 heavy (non-hydrogen) atoms. The number of likely N-dealkylation sites (N-methyl/N-ethyl adjacent to an activating group) is 1. The number of thiazole rings is 1. The Balaban J connectivity index is 2.97. The first-order chi connectivity index (χ1) is 8.84. The highest BCUT2D eigenvalue weighted by Crippen LogP contribution is 2.30. The summed E-state index contributed by atoms with van der Waals surface area (Å²) < 4.78 is 5.16. The van der Waals surface area contributed by atoms with E-state index in [9.17, 15) is 9.90 Å². The van der Waals surface area contributed by atoms with Crippen LogP contribution in [0.15, 0.2) is 5.38 Å². The van der Waals surface area contributed by atoms with Crippen molar-refractivity contribution in [1.82, 2.24) is 4.98 Å². The molecular formula is C13H22N2O3S. The first-order valence-corrected chi connectivity index (χ1v) is 7.17. The van der Waals surface area contributed by atoms with E-state index in [1.54, 1.807) is 21.0 Å². The van der Waals surface area contributed by atoms with Gasteiger partial charge in [-0.3, -0.25) is 4.79 Å². The van der Waals surface area contributed by atoms with E-state index in [0.717, 1.165) is 11.7 Å². The molecule has 0 aliphatic heterocycles. The summed E-state index contributed by atoms with van der Waals surface area (Å²) in [5.41, 5.74) is -0.360. The van der Waals surface area contributed by atoms with Gasteiger partial charge in [-0.05, 0) is 27.7 Å². The molecule has 0 aliphatic carbocycles. The van der Waals surface area contributed by atoms with Crippen molar-refractivity contribution in [2.45, 2.75) is 39.2 Å². The Morgan fingerprint density at radius 3 is 2.74 bits per heavy atom. The van der Waals surface area contributed by atoms with Crippen molar-refractivity contribution in [3.63, 3.8) is 0 Å². The third kappa shape index (κ3) is 3.45. The SMILES string of the molecule is CCN(c1nc(C(C)(C)C(=O)O)cs1)C(C)COC. The molecule has 0 saturated heterocycles. The first-order valence-electron chi connectivity index (χ1n) is 6.29. The zero-order valence-electron chi connectivity index (χ0n) is 12.1. The van der Waals surface area contributed by atoms with E-state index in [-0.39, 0.29) is 6.04 Å². The quantitative estimate of drug-likeness (QED) is 0.833. The number of carboxylic acids is 1. The van der Waals surface area contributed by atoms with Crippen molar-refractivity contribution < 1.29 is 14.6 Å². The predicted molar refractivity (Wildman–Crippen MR) is 77.1 cm³/mol. The Hall–Kier alpha value is -1.14. The standard InChI is InChI=1S/C13H22N2O3S/c1-6-15(9(2)7-18-5)12-14-10(8-19-12)13(3,4)11(16)17/h8-9H,6-7H2,1-5H3,(H,16,17). The van der Waals surface area contributed by atoms with Gasteiger partial charge in [0.15, 0.2) is 5.13 Å². The third-order valence-corrected chi connectivity index (χ3v) is 4.07. The Bertz CT molecular complexity index is 431. The molecule has 0 aliphatic rings. The zero-order chi connectivity index (χ0) is 14.6. The highest BCUT2D eigenvalue weighted by Gasteiger charge is 2.32. The summed E-state index contributed by atoms with van der Waals surface area (Å²) >= 11 is 1.48. The van der Waals surface area contributed by atoms with E-state index in [1.807, 2.05) is 5.38 Å². The lowest BCUT2D eigenvalue weighted by Gasteiger charge is -2.27. The number of aliphatic carboxylic acids is 1. The van der Waals surface area contributed by atoms with Crippen molar-refractivity contribution in [1.29, 1.82) is 0 Å². The number of hydrogen-bond acceptors (Lipinski definition) is 5. The summed E-state index contributed by atoms with van der Waals surface area (Å²) in [7, 11) is 1.67. The van der Waals surface area contributed by atoms with E-state index in [0.29, 0.717) is 12.3 Å². The van der Waals surface area contributed by atoms with E-state index >= 15 is 0 Å². The lowest BCUT2D eigenvalue weighted by molar-refractivity contribution is -0.142. The van der Waals surface area contributed by atoms with E-state index in [4.69, 9.17) is 4.74 Å². The second-order valence-corrected chi connectivity index (χ2v) is 5.87. The molecule has 0 bridgehead atoms. The predicted octanol–water partition coefficient (Wildman–Crippen LogP) is 2.37. The van der Waals surface area contributed by atoms with Gasteiger partial charge < -0.3 is 14.7 Å². The van der Waals surface area contributed by atoms with E-state index in [2.05, 4.69) is 23.7 Å². The average molecular weight is 286 g/mol. The summed E-state index contributed by atoms with van der Waals surface area (Å²) in [5, 5.41) is 11.9. The maximum atomic E-state index is 11.2. The van der Waals surface area contributed by atoms with Crippen LogP contribution in [0.25, 0.3) is 0 Å². The summed E-state index contributed by atoms with van der Waals surface area (Å²) in [4.78, 5) is 17.8. The molecule has 0 fully saturated rings. The number of hydrogen-bond donors (Lipinski definition) is 1. The number of carboxylic acid groups (broad SMARTS) is 1. The van der Waals surface area contributed by atoms with Crippen LogP contribution in [0.1, 0.15) is 33.4 Å². The number of methoxy groups -OCH3 is 1. The van der Waals surface area contributed by atoms with Crippen LogP contribution >= 0.6 is 11.3 Å². The molecule has 1 unspecified atom stereocenters. The molecule has 1 heterocycles. The highest BCUT2D eigenvalue weighted by molar-refractivity contribution is 7.13. The molecule has 1 N–H and O–H groups in total. The molecule has 0 amide bonds. The summed E-state index contributed by atoms with van der Waals surface area (Å²) in [6.07, 6.45) is 0. The molecule has 0 saturated carbocycles. The molecule has 1 aromatic heterocycles. The Labute approximate surface area is 118 Å². The fraction of sp³-hybridized carbons (Fsp3) is 0.692. The van der Waals surface area contributed by atoms with Gasteiger partial charge >= 0.3 is 5.97 Å². The van der Waals surface area contributed by atoms with Gasteiger partial charge in [-0.2, -0.15) is 0 Å². The topological polar surface area (TPSA) is 62.7 Å². The number of ether oxygens (including phenoxy) is 1. The number of aromatic nitrogens is 1. The summed E-state index contributed by atoms with van der Waals surface area (Å²) in [6, 6.07) is 0.210. The fourth-order valence-corrected chi connectivity index (χ4v) is 2.92. The molecule has 5 nitrogen and oxygen atoms in total. The second-order valence-electron chi connectivity index (χ2n) is 5.04. The minimum absolute atomic E-state index is 0.210. The minimum Gasteiger partial charge on any atom is -0.481 e. The minimum atomic E-state index is -0.960. The van der Waals surface area contributed by atoms with Crippen LogP contribution in [-0.2, 0) is 14.9 Å². The molecule has 6 heteroatoms. The van der Waals surface area contributed by atoms with Gasteiger partial charge in [0.2, 0.25) is 0 Å². The summed E-state index contributed by atoms with van der Waals surface area (Å²) in [6.45, 7) is 8.88. The van der Waals surface area contributed by atoms with Crippen LogP contribution < -0.4 is 4.90 Å². The van der Waals surface area contributed by atoms with E-state index in [1.165, 1.54) is 11.3 Å². The average Bonchev–Trinajstić information content (AvgIpc) is 2.80. The van der Waals surface area contributed by atoms with Crippen LogP contribution in [0.4, 0.5) is 5.13 Å². The van der Waals surface area contributed by atoms with Gasteiger partial charge in [-0.15, -0.1) is 11.3 Å². The van der Waals surface area contributed by atoms with Crippen molar-refractivity contribution in [3.8, 4) is 0 Å². The number of nitrogens with zero attached hydrogens (tertiary/aromatic N) is 2. The Kier molecular flexibility index (Phi) is 5.31. The molecule has 0 radical (unpaired) electrons. The van der Waals surface area contributed by atoms with Crippen molar-refractivity contribution in [3.05, 3.63) is 11.1 Å². The van der Waals surface area contributed by atoms with Gasteiger partial charge in [-0.25, -0.2) is 4.98 Å². The maximum Gasteiger partial charge on any atom is 0.315 e. The van der Waals surface area contributed by atoms with Gasteiger partial charge in [0.1, 0.15) is 5.41 Å². The van der Waals surface area contributed by atoms with Crippen molar-refractivity contribution in [2.75, 3.05) is 25.2 Å². The molecule has 108 valence electrons. The van der Waals surface area contributed by atoms with Crippen molar-refractivity contribution >= 4 is 22.4 Å². The van der Waals surface area contributed by atoms with Crippen LogP contribution in [-0.4, -0.2) is 42.4 Å². The van der Waals surface area contributed by atoms with Crippen LogP contribution in [0.3, 0.4) is 0 Å². The smallest absolute Gasteiger partial charge is 0.315 e. The lowest BCUT2D eigenvalue weighted by Crippen LogP contribution is -2.36. The number of anilines is 1. The molecule has 1 atom stereocenters. The maximum absolute atomic E-state index is 11.2. The molecule has 0 aromatic carbocycles. The first kappa shape index (κ1) is 15.9. The third-order valence-electron chi connectivity index (χ3n) is 3.19. The van der Waals surface area contributed by atoms with Gasteiger partial charge in [0.25, 0.3) is 0 Å². The Morgan fingerprint density at radius 2 is 2.26 bits per heavy atom. The normalized spacial score (nSPS) is 13.3.